The maximum atomic E-state index is 12.3. The van der Waals surface area contributed by atoms with Gasteiger partial charge in [-0.1, -0.05) is 0 Å². The van der Waals surface area contributed by atoms with E-state index in [4.69, 9.17) is 0 Å². The molecule has 2 amide bonds. The van der Waals surface area contributed by atoms with E-state index in [2.05, 4.69) is 10.1 Å². The number of ether oxygens (including phenoxy) is 1. The second-order valence-corrected chi connectivity index (χ2v) is 6.39. The van der Waals surface area contributed by atoms with Gasteiger partial charge in [-0.2, -0.15) is 0 Å². The molecular weight excluding hydrogens is 351 g/mol. The number of likely N-dealkylation sites (N-methyl/N-ethyl adjacent to an activating group) is 1. The zero-order chi connectivity index (χ0) is 19.5. The van der Waals surface area contributed by atoms with Crippen LogP contribution in [0.3, 0.4) is 0 Å². The number of carbonyl (C=O) groups is 2. The number of hydrogen-bond acceptors (Lipinski definition) is 4. The largest absolute Gasteiger partial charge is 0.573 e. The molecule has 0 saturated heterocycles. The lowest BCUT2D eigenvalue weighted by Gasteiger charge is -2.31. The van der Waals surface area contributed by atoms with Crippen molar-refractivity contribution in [1.29, 1.82) is 0 Å². The minimum Gasteiger partial charge on any atom is -0.406 e. The quantitative estimate of drug-likeness (QED) is 0.857. The number of fused-ring (bicyclic) bond motifs is 1. The fraction of sp³-hybridized carbons (Fsp3) is 0.529. The monoisotopic (exact) mass is 373 g/mol. The van der Waals surface area contributed by atoms with Gasteiger partial charge in [0, 0.05) is 26.3 Å². The SMILES string of the molecule is C[C@@H](NC(=O)CN1CCCc2cc(OC(F)(F)F)ccc21)C(=O)N(C)C. The molecule has 2 rings (SSSR count). The van der Waals surface area contributed by atoms with Gasteiger partial charge in [0.15, 0.2) is 0 Å². The molecule has 0 aromatic heterocycles. The molecule has 0 bridgehead atoms. The number of hydrogen-bond donors (Lipinski definition) is 1. The molecule has 6 nitrogen and oxygen atoms in total. The standard InChI is InChI=1S/C17H22F3N3O3/c1-11(16(25)22(2)3)21-15(24)10-23-8-4-5-12-9-13(6-7-14(12)23)26-17(18,19)20/h6-7,9,11H,4-5,8,10H2,1-3H3,(H,21,24)/t11-/m1/s1. The molecule has 1 aliphatic rings. The van der Waals surface area contributed by atoms with Crippen LogP contribution in [0.4, 0.5) is 18.9 Å². The Labute approximate surface area is 149 Å². The van der Waals surface area contributed by atoms with Crippen molar-refractivity contribution in [3.8, 4) is 5.75 Å². The van der Waals surface area contributed by atoms with E-state index in [-0.39, 0.29) is 24.1 Å². The molecule has 1 N–H and O–H groups in total. The molecule has 0 radical (unpaired) electrons. The van der Waals surface area contributed by atoms with Crippen molar-refractivity contribution in [2.75, 3.05) is 32.1 Å². The molecule has 0 aliphatic carbocycles. The van der Waals surface area contributed by atoms with E-state index in [0.717, 1.165) is 0 Å². The molecule has 144 valence electrons. The van der Waals surface area contributed by atoms with E-state index in [1.807, 2.05) is 0 Å². The van der Waals surface area contributed by atoms with Gasteiger partial charge in [-0.05, 0) is 43.5 Å². The molecule has 0 spiro atoms. The smallest absolute Gasteiger partial charge is 0.406 e. The average molecular weight is 373 g/mol. The van der Waals surface area contributed by atoms with Crippen LogP contribution in [-0.2, 0) is 16.0 Å². The first-order valence-corrected chi connectivity index (χ1v) is 8.21. The van der Waals surface area contributed by atoms with Crippen LogP contribution >= 0.6 is 0 Å². The molecule has 1 atom stereocenters. The van der Waals surface area contributed by atoms with Gasteiger partial charge in [0.25, 0.3) is 0 Å². The van der Waals surface area contributed by atoms with Gasteiger partial charge in [0.1, 0.15) is 11.8 Å². The number of nitrogens with one attached hydrogen (secondary N) is 1. The van der Waals surface area contributed by atoms with Crippen molar-refractivity contribution in [3.05, 3.63) is 23.8 Å². The van der Waals surface area contributed by atoms with E-state index in [1.54, 1.807) is 25.9 Å². The normalized spacial score (nSPS) is 15.1. The molecular formula is C17H22F3N3O3. The zero-order valence-electron chi connectivity index (χ0n) is 14.9. The van der Waals surface area contributed by atoms with Crippen LogP contribution in [0, 0.1) is 0 Å². The first-order valence-electron chi connectivity index (χ1n) is 8.21. The highest BCUT2D eigenvalue weighted by molar-refractivity contribution is 5.89. The highest BCUT2D eigenvalue weighted by Crippen LogP contribution is 2.32. The average Bonchev–Trinajstić information content (AvgIpc) is 2.52. The summed E-state index contributed by atoms with van der Waals surface area (Å²) >= 11 is 0. The van der Waals surface area contributed by atoms with Crippen molar-refractivity contribution in [2.24, 2.45) is 0 Å². The fourth-order valence-corrected chi connectivity index (χ4v) is 2.92. The summed E-state index contributed by atoms with van der Waals surface area (Å²) in [6, 6.07) is 3.47. The first-order chi connectivity index (χ1) is 12.1. The summed E-state index contributed by atoms with van der Waals surface area (Å²) in [4.78, 5) is 27.2. The van der Waals surface area contributed by atoms with Gasteiger partial charge >= 0.3 is 6.36 Å². The lowest BCUT2D eigenvalue weighted by Crippen LogP contribution is -2.48. The van der Waals surface area contributed by atoms with Gasteiger partial charge in [-0.3, -0.25) is 9.59 Å². The van der Waals surface area contributed by atoms with Crippen LogP contribution in [0.15, 0.2) is 18.2 Å². The Morgan fingerprint density at radius 1 is 1.35 bits per heavy atom. The molecule has 0 saturated carbocycles. The van der Waals surface area contributed by atoms with Crippen molar-refractivity contribution in [2.45, 2.75) is 32.2 Å². The number of anilines is 1. The predicted molar refractivity (Wildman–Crippen MR) is 90.0 cm³/mol. The second kappa shape index (κ2) is 7.84. The van der Waals surface area contributed by atoms with Crippen molar-refractivity contribution >= 4 is 17.5 Å². The molecule has 1 aliphatic heterocycles. The number of carbonyl (C=O) groups excluding carboxylic acids is 2. The Bertz CT molecular complexity index is 677. The van der Waals surface area contributed by atoms with Gasteiger partial charge < -0.3 is 19.9 Å². The van der Waals surface area contributed by atoms with Crippen LogP contribution in [0.5, 0.6) is 5.75 Å². The van der Waals surface area contributed by atoms with Crippen molar-refractivity contribution in [1.82, 2.24) is 10.2 Å². The third-order valence-electron chi connectivity index (χ3n) is 4.02. The lowest BCUT2D eigenvalue weighted by molar-refractivity contribution is -0.274. The molecule has 26 heavy (non-hydrogen) atoms. The Morgan fingerprint density at radius 3 is 2.65 bits per heavy atom. The van der Waals surface area contributed by atoms with Crippen LogP contribution in [0.1, 0.15) is 18.9 Å². The van der Waals surface area contributed by atoms with Gasteiger partial charge in [-0.25, -0.2) is 0 Å². The first kappa shape index (κ1) is 19.9. The minimum absolute atomic E-state index is 0.0253. The number of alkyl halides is 3. The Kier molecular flexibility index (Phi) is 5.99. The Morgan fingerprint density at radius 2 is 2.04 bits per heavy atom. The van der Waals surface area contributed by atoms with Gasteiger partial charge in [-0.15, -0.1) is 13.2 Å². The van der Waals surface area contributed by atoms with Crippen molar-refractivity contribution in [3.63, 3.8) is 0 Å². The summed E-state index contributed by atoms with van der Waals surface area (Å²) in [6.45, 7) is 2.23. The van der Waals surface area contributed by atoms with E-state index in [9.17, 15) is 22.8 Å². The topological polar surface area (TPSA) is 61.9 Å². The third-order valence-corrected chi connectivity index (χ3v) is 4.02. The summed E-state index contributed by atoms with van der Waals surface area (Å²) < 4.78 is 41.0. The highest BCUT2D eigenvalue weighted by Gasteiger charge is 2.31. The predicted octanol–water partition coefficient (Wildman–Crippen LogP) is 1.93. The van der Waals surface area contributed by atoms with Crippen LogP contribution in [0.2, 0.25) is 0 Å². The maximum absolute atomic E-state index is 12.3. The van der Waals surface area contributed by atoms with E-state index < -0.39 is 12.4 Å². The summed E-state index contributed by atoms with van der Waals surface area (Å²) in [5, 5.41) is 2.64. The molecule has 1 heterocycles. The third kappa shape index (κ3) is 5.27. The molecule has 1 aromatic rings. The van der Waals surface area contributed by atoms with E-state index in [1.165, 1.54) is 23.1 Å². The zero-order valence-corrected chi connectivity index (χ0v) is 14.9. The Hall–Kier alpha value is -2.45. The van der Waals surface area contributed by atoms with Crippen LogP contribution in [0.25, 0.3) is 0 Å². The number of nitrogens with zero attached hydrogens (tertiary/aromatic N) is 2. The molecule has 0 unspecified atom stereocenters. The van der Waals surface area contributed by atoms with E-state index >= 15 is 0 Å². The fourth-order valence-electron chi connectivity index (χ4n) is 2.92. The second-order valence-electron chi connectivity index (χ2n) is 6.39. The molecule has 9 heteroatoms. The summed E-state index contributed by atoms with van der Waals surface area (Å²) in [5.41, 5.74) is 1.40. The molecule has 0 fully saturated rings. The molecule has 1 aromatic carbocycles. The number of halogens is 3. The minimum atomic E-state index is -4.74. The highest BCUT2D eigenvalue weighted by atomic mass is 19.4. The number of amides is 2. The number of rotatable bonds is 5. The van der Waals surface area contributed by atoms with Crippen LogP contribution in [-0.4, -0.2) is 56.3 Å². The maximum Gasteiger partial charge on any atom is 0.573 e. The lowest BCUT2D eigenvalue weighted by atomic mass is 10.0. The summed E-state index contributed by atoms with van der Waals surface area (Å²) in [5.74, 6) is -0.810. The van der Waals surface area contributed by atoms with Gasteiger partial charge in [0.05, 0.1) is 6.54 Å². The van der Waals surface area contributed by atoms with E-state index in [0.29, 0.717) is 30.6 Å². The Balaban J connectivity index is 2.05. The summed E-state index contributed by atoms with van der Waals surface area (Å²) in [7, 11) is 3.21. The number of aryl methyl sites for hydroxylation is 1. The van der Waals surface area contributed by atoms with Crippen LogP contribution < -0.4 is 15.0 Å². The summed E-state index contributed by atoms with van der Waals surface area (Å²) in [6.07, 6.45) is -3.42. The number of benzene rings is 1. The van der Waals surface area contributed by atoms with Crippen molar-refractivity contribution < 1.29 is 27.5 Å². The van der Waals surface area contributed by atoms with Gasteiger partial charge in [0.2, 0.25) is 11.8 Å².